The third-order valence-corrected chi connectivity index (χ3v) is 6.60. The van der Waals surface area contributed by atoms with E-state index in [0.29, 0.717) is 29.8 Å². The van der Waals surface area contributed by atoms with Crippen LogP contribution in [0.2, 0.25) is 0 Å². The van der Waals surface area contributed by atoms with Gasteiger partial charge in [-0.15, -0.1) is 0 Å². The van der Waals surface area contributed by atoms with Crippen LogP contribution in [0.3, 0.4) is 0 Å². The number of benzene rings is 3. The number of hydrogen-bond donors (Lipinski definition) is 2. The van der Waals surface area contributed by atoms with Gasteiger partial charge < -0.3 is 19.7 Å². The lowest BCUT2D eigenvalue weighted by atomic mass is 9.94. The minimum absolute atomic E-state index is 0.0716. The first-order valence-corrected chi connectivity index (χ1v) is 11.5. The van der Waals surface area contributed by atoms with Crippen LogP contribution in [0.4, 0.5) is 0 Å². The number of para-hydroxylation sites is 2. The first-order valence-electron chi connectivity index (χ1n) is 11.5. The quantitative estimate of drug-likeness (QED) is 0.234. The van der Waals surface area contributed by atoms with E-state index in [0.717, 1.165) is 22.0 Å². The number of Topliss-reactive ketones (excluding diaryl/α,β-unsaturated/α-hetero) is 1. The number of aromatic nitrogens is 1. The highest BCUT2D eigenvalue weighted by Crippen LogP contribution is 2.42. The lowest BCUT2D eigenvalue weighted by Crippen LogP contribution is -2.31. The van der Waals surface area contributed by atoms with Gasteiger partial charge in [0.05, 0.1) is 18.7 Å². The Balaban J connectivity index is 1.59. The van der Waals surface area contributed by atoms with Crippen molar-refractivity contribution >= 4 is 28.4 Å². The van der Waals surface area contributed by atoms with E-state index < -0.39 is 17.7 Å². The van der Waals surface area contributed by atoms with Crippen LogP contribution in [0.5, 0.6) is 5.75 Å². The van der Waals surface area contributed by atoms with Crippen LogP contribution in [-0.2, 0) is 16.0 Å². The Morgan fingerprint density at radius 3 is 2.49 bits per heavy atom. The smallest absolute Gasteiger partial charge is 0.295 e. The number of hydrogen-bond acceptors (Lipinski definition) is 4. The van der Waals surface area contributed by atoms with Crippen LogP contribution >= 0.6 is 0 Å². The average Bonchev–Trinajstić information content (AvgIpc) is 3.41. The summed E-state index contributed by atoms with van der Waals surface area (Å²) in [5, 5.41) is 12.3. The molecule has 1 fully saturated rings. The summed E-state index contributed by atoms with van der Waals surface area (Å²) < 4.78 is 5.58. The molecule has 0 spiro atoms. The highest BCUT2D eigenvalue weighted by atomic mass is 16.5. The molecule has 0 bridgehead atoms. The monoisotopic (exact) mass is 466 g/mol. The van der Waals surface area contributed by atoms with Crippen LogP contribution in [0.15, 0.2) is 84.6 Å². The predicted octanol–water partition coefficient (Wildman–Crippen LogP) is 5.15. The highest BCUT2D eigenvalue weighted by Gasteiger charge is 2.46. The highest BCUT2D eigenvalue weighted by molar-refractivity contribution is 6.46. The minimum atomic E-state index is -0.766. The molecule has 1 atom stereocenters. The second kappa shape index (κ2) is 9.14. The number of aliphatic hydroxyl groups excluding tert-OH is 1. The van der Waals surface area contributed by atoms with Gasteiger partial charge in [0, 0.05) is 34.8 Å². The molecule has 4 aromatic rings. The van der Waals surface area contributed by atoms with Gasteiger partial charge in [-0.25, -0.2) is 0 Å². The molecule has 0 radical (unpaired) electrons. The van der Waals surface area contributed by atoms with Crippen molar-refractivity contribution in [2.45, 2.75) is 19.4 Å². The first-order chi connectivity index (χ1) is 17.0. The third kappa shape index (κ3) is 3.97. The zero-order chi connectivity index (χ0) is 24.5. The number of ketones is 1. The zero-order valence-corrected chi connectivity index (χ0v) is 19.6. The Bertz CT molecular complexity index is 1450. The molecule has 6 heteroatoms. The Morgan fingerprint density at radius 1 is 1.00 bits per heavy atom. The number of carbonyl (C=O) groups excluding carboxylic acids is 2. The standard InChI is InChI=1S/C29H26N2O4/c1-18-11-13-19(14-12-18)27(32)25-26(22-8-4-6-10-24(22)35-2)31(29(34)28(25)33)16-15-20-17-30-23-9-5-3-7-21(20)23/h3-14,17,26,30,32H,15-16H2,1-2H3/b27-25-. The number of aryl methyl sites for hydroxylation is 1. The molecule has 2 N–H and O–H groups in total. The van der Waals surface area contributed by atoms with E-state index in [-0.39, 0.29) is 11.3 Å². The van der Waals surface area contributed by atoms with E-state index >= 15 is 0 Å². The van der Waals surface area contributed by atoms with E-state index in [1.807, 2.05) is 67.7 Å². The summed E-state index contributed by atoms with van der Waals surface area (Å²) in [6.07, 6.45) is 2.49. The molecule has 0 saturated carbocycles. The molecule has 1 aliphatic rings. The fraction of sp³-hybridized carbons (Fsp3) is 0.172. The largest absolute Gasteiger partial charge is 0.507 e. The maximum absolute atomic E-state index is 13.3. The fourth-order valence-electron chi connectivity index (χ4n) is 4.77. The number of fused-ring (bicyclic) bond motifs is 1. The SMILES string of the molecule is COc1ccccc1C1/C(=C(/O)c2ccc(C)cc2)C(=O)C(=O)N1CCc1c[nH]c2ccccc12. The number of H-pyrrole nitrogens is 1. The molecule has 2 heterocycles. The average molecular weight is 467 g/mol. The van der Waals surface area contributed by atoms with Crippen molar-refractivity contribution in [1.29, 1.82) is 0 Å². The van der Waals surface area contributed by atoms with E-state index in [1.54, 1.807) is 30.2 Å². The van der Waals surface area contributed by atoms with Crippen molar-refractivity contribution in [3.8, 4) is 5.75 Å². The van der Waals surface area contributed by atoms with Crippen molar-refractivity contribution in [1.82, 2.24) is 9.88 Å². The normalized spacial score (nSPS) is 17.3. The molecule has 176 valence electrons. The number of ether oxygens (including phenoxy) is 1. The Labute approximate surface area is 203 Å². The Morgan fingerprint density at radius 2 is 1.71 bits per heavy atom. The van der Waals surface area contributed by atoms with E-state index in [2.05, 4.69) is 4.98 Å². The maximum atomic E-state index is 13.3. The molecular formula is C29H26N2O4. The number of amides is 1. The van der Waals surface area contributed by atoms with E-state index in [9.17, 15) is 14.7 Å². The van der Waals surface area contributed by atoms with Gasteiger partial charge in [0.2, 0.25) is 0 Å². The number of nitrogens with one attached hydrogen (secondary N) is 1. The summed E-state index contributed by atoms with van der Waals surface area (Å²) >= 11 is 0. The predicted molar refractivity (Wildman–Crippen MR) is 135 cm³/mol. The van der Waals surface area contributed by atoms with Gasteiger partial charge in [-0.1, -0.05) is 66.2 Å². The Kier molecular flexibility index (Phi) is 5.87. The molecule has 5 rings (SSSR count). The molecule has 35 heavy (non-hydrogen) atoms. The zero-order valence-electron chi connectivity index (χ0n) is 19.6. The fourth-order valence-corrected chi connectivity index (χ4v) is 4.77. The number of likely N-dealkylation sites (tertiary alicyclic amines) is 1. The van der Waals surface area contributed by atoms with Crippen molar-refractivity contribution in [2.24, 2.45) is 0 Å². The molecule has 0 aliphatic carbocycles. The third-order valence-electron chi connectivity index (χ3n) is 6.60. The number of rotatable bonds is 6. The van der Waals surface area contributed by atoms with Crippen LogP contribution in [0, 0.1) is 6.92 Å². The summed E-state index contributed by atoms with van der Waals surface area (Å²) in [4.78, 5) is 31.4. The number of methoxy groups -OCH3 is 1. The van der Waals surface area contributed by atoms with Crippen LogP contribution < -0.4 is 4.74 Å². The maximum Gasteiger partial charge on any atom is 0.295 e. The lowest BCUT2D eigenvalue weighted by molar-refractivity contribution is -0.139. The second-order valence-electron chi connectivity index (χ2n) is 8.71. The molecule has 1 unspecified atom stereocenters. The summed E-state index contributed by atoms with van der Waals surface area (Å²) in [5.74, 6) is -0.965. The van der Waals surface area contributed by atoms with Crippen molar-refractivity contribution in [3.05, 3.63) is 107 Å². The molecule has 3 aromatic carbocycles. The van der Waals surface area contributed by atoms with Crippen molar-refractivity contribution in [2.75, 3.05) is 13.7 Å². The van der Waals surface area contributed by atoms with Crippen LogP contribution in [0.25, 0.3) is 16.7 Å². The van der Waals surface area contributed by atoms with Gasteiger partial charge in [-0.2, -0.15) is 0 Å². The van der Waals surface area contributed by atoms with Crippen LogP contribution in [-0.4, -0.2) is 40.3 Å². The van der Waals surface area contributed by atoms with Gasteiger partial charge in [0.15, 0.2) is 0 Å². The van der Waals surface area contributed by atoms with Gasteiger partial charge in [0.25, 0.3) is 11.7 Å². The van der Waals surface area contributed by atoms with E-state index in [4.69, 9.17) is 4.74 Å². The molecule has 1 aliphatic heterocycles. The summed E-state index contributed by atoms with van der Waals surface area (Å²) in [6, 6.07) is 21.7. The van der Waals surface area contributed by atoms with Gasteiger partial charge in [-0.05, 0) is 31.0 Å². The van der Waals surface area contributed by atoms with Crippen molar-refractivity contribution < 1.29 is 19.4 Å². The number of nitrogens with zero attached hydrogens (tertiary/aromatic N) is 1. The van der Waals surface area contributed by atoms with Crippen LogP contribution in [0.1, 0.15) is 28.3 Å². The number of carbonyl (C=O) groups is 2. The molecule has 6 nitrogen and oxygen atoms in total. The van der Waals surface area contributed by atoms with Gasteiger partial charge in [0.1, 0.15) is 11.5 Å². The minimum Gasteiger partial charge on any atom is -0.507 e. The Hall–Kier alpha value is -4.32. The lowest BCUT2D eigenvalue weighted by Gasteiger charge is -2.26. The van der Waals surface area contributed by atoms with Gasteiger partial charge in [-0.3, -0.25) is 9.59 Å². The number of aliphatic hydroxyl groups is 1. The second-order valence-corrected chi connectivity index (χ2v) is 8.71. The molecule has 1 amide bonds. The summed E-state index contributed by atoms with van der Waals surface area (Å²) in [6.45, 7) is 2.25. The summed E-state index contributed by atoms with van der Waals surface area (Å²) in [7, 11) is 1.55. The molecule has 1 aromatic heterocycles. The van der Waals surface area contributed by atoms with E-state index in [1.165, 1.54) is 0 Å². The molecule has 1 saturated heterocycles. The van der Waals surface area contributed by atoms with Gasteiger partial charge >= 0.3 is 0 Å². The summed E-state index contributed by atoms with van der Waals surface area (Å²) in [5.41, 5.74) is 4.32. The molecular weight excluding hydrogens is 440 g/mol. The number of aromatic amines is 1. The topological polar surface area (TPSA) is 82.6 Å². The van der Waals surface area contributed by atoms with Crippen molar-refractivity contribution in [3.63, 3.8) is 0 Å². The first kappa shape index (κ1) is 22.5.